The van der Waals surface area contributed by atoms with Gasteiger partial charge in [-0.15, -0.1) is 23.7 Å². The number of nitrogens with one attached hydrogen (secondary N) is 1. The first-order valence-corrected chi connectivity index (χ1v) is 9.09. The van der Waals surface area contributed by atoms with Crippen molar-refractivity contribution in [3.63, 3.8) is 0 Å². The van der Waals surface area contributed by atoms with Crippen LogP contribution in [0.15, 0.2) is 29.6 Å². The maximum atomic E-state index is 12.7. The summed E-state index contributed by atoms with van der Waals surface area (Å²) in [7, 11) is 1.96. The van der Waals surface area contributed by atoms with E-state index in [0.717, 1.165) is 36.6 Å². The molecular formula is C17H21Cl2N3OS. The van der Waals surface area contributed by atoms with Crippen LogP contribution in [0, 0.1) is 5.92 Å². The zero-order chi connectivity index (χ0) is 16.2. The van der Waals surface area contributed by atoms with Gasteiger partial charge in [0.15, 0.2) is 0 Å². The molecule has 1 unspecified atom stereocenters. The molecule has 2 aromatic rings. The molecule has 1 aromatic carbocycles. The first-order valence-electron chi connectivity index (χ1n) is 7.83. The normalized spacial score (nSPS) is 17.4. The second-order valence-corrected chi connectivity index (χ2v) is 7.10. The molecule has 1 atom stereocenters. The van der Waals surface area contributed by atoms with Crippen molar-refractivity contribution in [1.82, 2.24) is 15.2 Å². The maximum absolute atomic E-state index is 12.7. The van der Waals surface area contributed by atoms with Gasteiger partial charge in [-0.05, 0) is 38.4 Å². The van der Waals surface area contributed by atoms with Gasteiger partial charge in [-0.1, -0.05) is 29.8 Å². The largest absolute Gasteiger partial charge is 0.337 e. The lowest BCUT2D eigenvalue weighted by atomic mass is 9.98. The summed E-state index contributed by atoms with van der Waals surface area (Å²) in [4.78, 5) is 19.1. The fourth-order valence-corrected chi connectivity index (χ4v) is 4.11. The average molecular weight is 386 g/mol. The number of hydrogen-bond acceptors (Lipinski definition) is 4. The van der Waals surface area contributed by atoms with Crippen molar-refractivity contribution in [3.05, 3.63) is 40.4 Å². The number of likely N-dealkylation sites (tertiary alicyclic amines) is 1. The Kier molecular flexibility index (Phi) is 7.04. The van der Waals surface area contributed by atoms with E-state index in [1.165, 1.54) is 17.8 Å². The number of nitrogens with zero attached hydrogens (tertiary/aromatic N) is 2. The topological polar surface area (TPSA) is 45.2 Å². The standard InChI is InChI=1S/C17H20ClN3OS.ClH/c1-19-9-12-5-4-8-21(10-12)17(22)15-11-23-16(20-15)13-6-2-3-7-14(13)18;/h2-3,6-7,11-12,19H,4-5,8-10H2,1H3;1H. The number of halogens is 2. The molecule has 0 bridgehead atoms. The molecule has 3 rings (SSSR count). The zero-order valence-corrected chi connectivity index (χ0v) is 15.9. The van der Waals surface area contributed by atoms with Crippen molar-refractivity contribution in [3.8, 4) is 10.6 Å². The third kappa shape index (κ3) is 4.28. The molecule has 1 aliphatic heterocycles. The third-order valence-corrected chi connectivity index (χ3v) is 5.33. The number of carbonyl (C=O) groups excluding carboxylic acids is 1. The van der Waals surface area contributed by atoms with Gasteiger partial charge in [0.1, 0.15) is 10.7 Å². The lowest BCUT2D eigenvalue weighted by Gasteiger charge is -2.32. The Bertz CT molecular complexity index is 690. The fourth-order valence-electron chi connectivity index (χ4n) is 3.00. The average Bonchev–Trinajstić information content (AvgIpc) is 3.05. The molecule has 1 amide bonds. The molecule has 2 heterocycles. The minimum atomic E-state index is 0. The van der Waals surface area contributed by atoms with Crippen LogP contribution in [0.1, 0.15) is 23.3 Å². The van der Waals surface area contributed by atoms with Crippen LogP contribution in [-0.2, 0) is 0 Å². The van der Waals surface area contributed by atoms with Crippen molar-refractivity contribution in [2.24, 2.45) is 5.92 Å². The summed E-state index contributed by atoms with van der Waals surface area (Å²) < 4.78 is 0. The van der Waals surface area contributed by atoms with Gasteiger partial charge in [0, 0.05) is 24.0 Å². The highest BCUT2D eigenvalue weighted by Gasteiger charge is 2.25. The van der Waals surface area contributed by atoms with Crippen LogP contribution in [0.3, 0.4) is 0 Å². The predicted octanol–water partition coefficient (Wildman–Crippen LogP) is 3.96. The lowest BCUT2D eigenvalue weighted by molar-refractivity contribution is 0.0669. The molecule has 7 heteroatoms. The highest BCUT2D eigenvalue weighted by atomic mass is 35.5. The summed E-state index contributed by atoms with van der Waals surface area (Å²) in [5.41, 5.74) is 1.40. The third-order valence-electron chi connectivity index (χ3n) is 4.13. The van der Waals surface area contributed by atoms with Crippen LogP contribution in [-0.4, -0.2) is 42.5 Å². The quantitative estimate of drug-likeness (QED) is 0.865. The second-order valence-electron chi connectivity index (χ2n) is 5.83. The summed E-state index contributed by atoms with van der Waals surface area (Å²) in [6, 6.07) is 7.59. The van der Waals surface area contributed by atoms with Crippen LogP contribution in [0.25, 0.3) is 10.6 Å². The number of rotatable bonds is 4. The Morgan fingerprint density at radius 2 is 2.25 bits per heavy atom. The van der Waals surface area contributed by atoms with Crippen LogP contribution in [0.5, 0.6) is 0 Å². The monoisotopic (exact) mass is 385 g/mol. The minimum absolute atomic E-state index is 0. The number of benzene rings is 1. The number of carbonyl (C=O) groups is 1. The van der Waals surface area contributed by atoms with E-state index < -0.39 is 0 Å². The number of thiazole rings is 1. The van der Waals surface area contributed by atoms with E-state index in [2.05, 4.69) is 10.3 Å². The van der Waals surface area contributed by atoms with Crippen LogP contribution in [0.4, 0.5) is 0 Å². The number of aromatic nitrogens is 1. The Morgan fingerprint density at radius 3 is 3.00 bits per heavy atom. The van der Waals surface area contributed by atoms with Crippen molar-refractivity contribution in [2.75, 3.05) is 26.7 Å². The molecule has 0 saturated carbocycles. The van der Waals surface area contributed by atoms with Crippen molar-refractivity contribution >= 4 is 41.3 Å². The van der Waals surface area contributed by atoms with Crippen molar-refractivity contribution in [2.45, 2.75) is 12.8 Å². The molecule has 4 nitrogen and oxygen atoms in total. The summed E-state index contributed by atoms with van der Waals surface area (Å²) in [6.45, 7) is 2.57. The first kappa shape index (κ1) is 19.2. The van der Waals surface area contributed by atoms with Gasteiger partial charge >= 0.3 is 0 Å². The molecule has 1 saturated heterocycles. The highest BCUT2D eigenvalue weighted by molar-refractivity contribution is 7.13. The van der Waals surface area contributed by atoms with E-state index in [1.807, 2.05) is 41.6 Å². The zero-order valence-electron chi connectivity index (χ0n) is 13.5. The van der Waals surface area contributed by atoms with E-state index in [-0.39, 0.29) is 18.3 Å². The van der Waals surface area contributed by atoms with Gasteiger partial charge in [-0.2, -0.15) is 0 Å². The highest BCUT2D eigenvalue weighted by Crippen LogP contribution is 2.30. The Morgan fingerprint density at radius 1 is 1.46 bits per heavy atom. The molecule has 0 radical (unpaired) electrons. The lowest BCUT2D eigenvalue weighted by Crippen LogP contribution is -2.42. The predicted molar refractivity (Wildman–Crippen MR) is 102 cm³/mol. The molecular weight excluding hydrogens is 365 g/mol. The van der Waals surface area contributed by atoms with Crippen LogP contribution < -0.4 is 5.32 Å². The molecule has 130 valence electrons. The van der Waals surface area contributed by atoms with E-state index in [4.69, 9.17) is 11.6 Å². The van der Waals surface area contributed by atoms with E-state index in [1.54, 1.807) is 0 Å². The molecule has 1 N–H and O–H groups in total. The van der Waals surface area contributed by atoms with Crippen molar-refractivity contribution in [1.29, 1.82) is 0 Å². The second kappa shape index (κ2) is 8.81. The smallest absolute Gasteiger partial charge is 0.273 e. The molecule has 0 aliphatic carbocycles. The number of hydrogen-bond donors (Lipinski definition) is 1. The van der Waals surface area contributed by atoms with E-state index in [9.17, 15) is 4.79 Å². The Balaban J connectivity index is 0.00000208. The summed E-state index contributed by atoms with van der Waals surface area (Å²) in [5, 5.41) is 6.49. The first-order chi connectivity index (χ1) is 11.2. The van der Waals surface area contributed by atoms with E-state index >= 15 is 0 Å². The fraction of sp³-hybridized carbons (Fsp3) is 0.412. The van der Waals surface area contributed by atoms with Gasteiger partial charge in [0.25, 0.3) is 5.91 Å². The van der Waals surface area contributed by atoms with Gasteiger partial charge in [0.2, 0.25) is 0 Å². The van der Waals surface area contributed by atoms with Crippen LogP contribution >= 0.6 is 35.3 Å². The maximum Gasteiger partial charge on any atom is 0.273 e. The number of piperidine rings is 1. The minimum Gasteiger partial charge on any atom is -0.337 e. The summed E-state index contributed by atoms with van der Waals surface area (Å²) in [5.74, 6) is 0.555. The molecule has 1 fully saturated rings. The molecule has 1 aliphatic rings. The summed E-state index contributed by atoms with van der Waals surface area (Å²) >= 11 is 7.68. The van der Waals surface area contributed by atoms with Gasteiger partial charge in [-0.25, -0.2) is 4.98 Å². The van der Waals surface area contributed by atoms with Crippen molar-refractivity contribution < 1.29 is 4.79 Å². The summed E-state index contributed by atoms with van der Waals surface area (Å²) in [6.07, 6.45) is 2.23. The molecule has 1 aromatic heterocycles. The van der Waals surface area contributed by atoms with Gasteiger partial charge in [0.05, 0.1) is 5.02 Å². The molecule has 0 spiro atoms. The Hall–Kier alpha value is -1.14. The molecule has 24 heavy (non-hydrogen) atoms. The van der Waals surface area contributed by atoms with Crippen LogP contribution in [0.2, 0.25) is 5.02 Å². The number of amides is 1. The van der Waals surface area contributed by atoms with Gasteiger partial charge in [-0.3, -0.25) is 4.79 Å². The SMILES string of the molecule is CNCC1CCCN(C(=O)c2csc(-c3ccccc3Cl)n2)C1.Cl. The van der Waals surface area contributed by atoms with E-state index in [0.29, 0.717) is 16.6 Å². The Labute approximate surface area is 157 Å². The van der Waals surface area contributed by atoms with Gasteiger partial charge < -0.3 is 10.2 Å².